The maximum atomic E-state index is 14.0. The van der Waals surface area contributed by atoms with Gasteiger partial charge in [0.2, 0.25) is 0 Å². The predicted molar refractivity (Wildman–Crippen MR) is 135 cm³/mol. The number of likely N-dealkylation sites (tertiary alicyclic amines) is 1. The van der Waals surface area contributed by atoms with Crippen LogP contribution in [0.25, 0.3) is 0 Å². The highest BCUT2D eigenvalue weighted by atomic mass is 19.2. The molecule has 1 aromatic heterocycles. The van der Waals surface area contributed by atoms with Crippen molar-refractivity contribution in [2.45, 2.75) is 44.6 Å². The van der Waals surface area contributed by atoms with Gasteiger partial charge in [0.15, 0.2) is 18.2 Å². The van der Waals surface area contributed by atoms with E-state index >= 15 is 0 Å². The summed E-state index contributed by atoms with van der Waals surface area (Å²) in [6, 6.07) is 12.5. The summed E-state index contributed by atoms with van der Waals surface area (Å²) in [5, 5.41) is 2.75. The first-order chi connectivity index (χ1) is 18.3. The molecule has 0 radical (unpaired) electrons. The van der Waals surface area contributed by atoms with Gasteiger partial charge in [0, 0.05) is 44.5 Å². The Morgan fingerprint density at radius 3 is 2.53 bits per heavy atom. The standard InChI is InChI=1S/C29H29F2N3O4/c1-19(35)37-18-27(36)33-28(22-6-7-25(30)26(31)14-22)21-4-2-20(3-5-21)16-34-12-9-29(10-13-34)24-15-32-11-8-23(24)17-38-29/h2-8,11,14-15,28H,9-10,12-13,16-18H2,1H3,(H,33,36). The lowest BCUT2D eigenvalue weighted by molar-refractivity contribution is -0.146. The summed E-state index contributed by atoms with van der Waals surface area (Å²) in [4.78, 5) is 30.2. The molecule has 3 aromatic rings. The Kier molecular flexibility index (Phi) is 7.49. The number of esters is 1. The van der Waals surface area contributed by atoms with Crippen molar-refractivity contribution in [2.75, 3.05) is 19.7 Å². The van der Waals surface area contributed by atoms with Gasteiger partial charge in [0.05, 0.1) is 18.2 Å². The first-order valence-electron chi connectivity index (χ1n) is 12.6. The second-order valence-electron chi connectivity index (χ2n) is 9.79. The van der Waals surface area contributed by atoms with Gasteiger partial charge in [0.25, 0.3) is 5.91 Å². The SMILES string of the molecule is CC(=O)OCC(=O)NC(c1ccc(CN2CCC3(CC2)OCc2ccncc23)cc1)c1ccc(F)c(F)c1. The highest BCUT2D eigenvalue weighted by Gasteiger charge is 2.42. The molecule has 1 spiro atoms. The average Bonchev–Trinajstić information content (AvgIpc) is 3.28. The van der Waals surface area contributed by atoms with Gasteiger partial charge in [-0.05, 0) is 53.3 Å². The fourth-order valence-corrected chi connectivity index (χ4v) is 5.23. The van der Waals surface area contributed by atoms with Crippen molar-refractivity contribution in [3.05, 3.63) is 100 Å². The van der Waals surface area contributed by atoms with Crippen LogP contribution in [-0.2, 0) is 37.8 Å². The lowest BCUT2D eigenvalue weighted by Gasteiger charge is -2.39. The minimum Gasteiger partial charge on any atom is -0.456 e. The van der Waals surface area contributed by atoms with Gasteiger partial charge in [-0.1, -0.05) is 30.3 Å². The number of ether oxygens (including phenoxy) is 2. The van der Waals surface area contributed by atoms with E-state index in [4.69, 9.17) is 9.47 Å². The van der Waals surface area contributed by atoms with Gasteiger partial charge >= 0.3 is 5.97 Å². The van der Waals surface area contributed by atoms with E-state index in [9.17, 15) is 18.4 Å². The van der Waals surface area contributed by atoms with Crippen molar-refractivity contribution >= 4 is 11.9 Å². The Morgan fingerprint density at radius 2 is 1.82 bits per heavy atom. The van der Waals surface area contributed by atoms with Crippen LogP contribution in [0.5, 0.6) is 0 Å². The minimum atomic E-state index is -1.01. The molecule has 0 bridgehead atoms. The molecular weight excluding hydrogens is 492 g/mol. The summed E-state index contributed by atoms with van der Waals surface area (Å²) < 4.78 is 38.5. The Labute approximate surface area is 219 Å². The number of hydrogen-bond acceptors (Lipinski definition) is 6. The smallest absolute Gasteiger partial charge is 0.303 e. The van der Waals surface area contributed by atoms with E-state index in [0.717, 1.165) is 50.2 Å². The van der Waals surface area contributed by atoms with E-state index in [-0.39, 0.29) is 5.60 Å². The van der Waals surface area contributed by atoms with Crippen molar-refractivity contribution in [3.8, 4) is 0 Å². The molecule has 198 valence electrons. The number of hydrogen-bond donors (Lipinski definition) is 1. The highest BCUT2D eigenvalue weighted by Crippen LogP contribution is 2.43. The van der Waals surface area contributed by atoms with Crippen molar-refractivity contribution in [1.29, 1.82) is 0 Å². The fourth-order valence-electron chi connectivity index (χ4n) is 5.23. The number of pyridine rings is 1. The molecule has 1 fully saturated rings. The third kappa shape index (κ3) is 5.58. The fraction of sp³-hybridized carbons (Fsp3) is 0.345. The molecular formula is C29H29F2N3O4. The molecule has 5 rings (SSSR count). The largest absolute Gasteiger partial charge is 0.456 e. The van der Waals surface area contributed by atoms with Crippen molar-refractivity contribution < 1.29 is 27.8 Å². The molecule has 2 aromatic carbocycles. The normalized spacial score (nSPS) is 17.1. The number of nitrogens with zero attached hydrogens (tertiary/aromatic N) is 2. The number of carbonyl (C=O) groups excluding carboxylic acids is 2. The first-order valence-corrected chi connectivity index (χ1v) is 12.6. The Balaban J connectivity index is 1.26. The highest BCUT2D eigenvalue weighted by molar-refractivity contribution is 5.80. The predicted octanol–water partition coefficient (Wildman–Crippen LogP) is 4.15. The van der Waals surface area contributed by atoms with Crippen molar-refractivity contribution in [2.24, 2.45) is 0 Å². The van der Waals surface area contributed by atoms with Gasteiger partial charge in [-0.2, -0.15) is 0 Å². The average molecular weight is 522 g/mol. The zero-order chi connectivity index (χ0) is 26.7. The molecule has 3 heterocycles. The zero-order valence-corrected chi connectivity index (χ0v) is 21.1. The maximum Gasteiger partial charge on any atom is 0.303 e. The van der Waals surface area contributed by atoms with Crippen LogP contribution in [0.3, 0.4) is 0 Å². The van der Waals surface area contributed by atoms with E-state index in [1.807, 2.05) is 42.7 Å². The Morgan fingerprint density at radius 1 is 1.08 bits per heavy atom. The number of piperidine rings is 1. The molecule has 9 heteroatoms. The van der Waals surface area contributed by atoms with E-state index in [1.165, 1.54) is 24.1 Å². The molecule has 1 N–H and O–H groups in total. The van der Waals surface area contributed by atoms with Crippen LogP contribution in [0.2, 0.25) is 0 Å². The van der Waals surface area contributed by atoms with Crippen LogP contribution in [0.1, 0.15) is 53.6 Å². The number of aromatic nitrogens is 1. The summed E-state index contributed by atoms with van der Waals surface area (Å²) >= 11 is 0. The van der Waals surface area contributed by atoms with Crippen LogP contribution in [0, 0.1) is 11.6 Å². The first kappa shape index (κ1) is 25.9. The third-order valence-corrected chi connectivity index (χ3v) is 7.28. The lowest BCUT2D eigenvalue weighted by Crippen LogP contribution is -2.42. The molecule has 2 aliphatic rings. The molecule has 1 saturated heterocycles. The number of benzene rings is 2. The van der Waals surface area contributed by atoms with E-state index in [1.54, 1.807) is 0 Å². The van der Waals surface area contributed by atoms with Gasteiger partial charge < -0.3 is 14.8 Å². The molecule has 2 aliphatic heterocycles. The number of fused-ring (bicyclic) bond motifs is 2. The van der Waals surface area contributed by atoms with Gasteiger partial charge in [-0.25, -0.2) is 8.78 Å². The molecule has 38 heavy (non-hydrogen) atoms. The molecule has 0 aliphatic carbocycles. The lowest BCUT2D eigenvalue weighted by atomic mass is 9.84. The number of carbonyl (C=O) groups is 2. The molecule has 0 saturated carbocycles. The second-order valence-corrected chi connectivity index (χ2v) is 9.79. The zero-order valence-electron chi connectivity index (χ0n) is 21.1. The number of rotatable bonds is 7. The minimum absolute atomic E-state index is 0.244. The summed E-state index contributed by atoms with van der Waals surface area (Å²) in [6.07, 6.45) is 5.54. The van der Waals surface area contributed by atoms with E-state index in [0.29, 0.717) is 17.7 Å². The molecule has 1 atom stereocenters. The van der Waals surface area contributed by atoms with Crippen LogP contribution in [-0.4, -0.2) is 41.5 Å². The van der Waals surface area contributed by atoms with Gasteiger partial charge in [-0.3, -0.25) is 19.5 Å². The quantitative estimate of drug-likeness (QED) is 0.471. The van der Waals surface area contributed by atoms with Gasteiger partial charge in [-0.15, -0.1) is 0 Å². The van der Waals surface area contributed by atoms with Crippen molar-refractivity contribution in [1.82, 2.24) is 15.2 Å². The van der Waals surface area contributed by atoms with Crippen LogP contribution in [0.15, 0.2) is 60.9 Å². The van der Waals surface area contributed by atoms with Crippen LogP contribution < -0.4 is 5.32 Å². The maximum absolute atomic E-state index is 14.0. The summed E-state index contributed by atoms with van der Waals surface area (Å²) in [7, 11) is 0. The van der Waals surface area contributed by atoms with Gasteiger partial charge in [0.1, 0.15) is 0 Å². The summed E-state index contributed by atoms with van der Waals surface area (Å²) in [5.74, 6) is -3.11. The Bertz CT molecular complexity index is 1320. The number of amides is 1. The van der Waals surface area contributed by atoms with E-state index in [2.05, 4.69) is 15.2 Å². The molecule has 1 unspecified atom stereocenters. The number of halogens is 2. The van der Waals surface area contributed by atoms with Crippen molar-refractivity contribution in [3.63, 3.8) is 0 Å². The topological polar surface area (TPSA) is 80.8 Å². The summed E-state index contributed by atoms with van der Waals surface area (Å²) in [5.41, 5.74) is 4.35. The third-order valence-electron chi connectivity index (χ3n) is 7.28. The second kappa shape index (κ2) is 11.0. The monoisotopic (exact) mass is 521 g/mol. The molecule has 1 amide bonds. The molecule has 7 nitrogen and oxygen atoms in total. The van der Waals surface area contributed by atoms with E-state index < -0.39 is 36.2 Å². The summed E-state index contributed by atoms with van der Waals surface area (Å²) in [6.45, 7) is 3.91. The van der Waals surface area contributed by atoms with Crippen LogP contribution in [0.4, 0.5) is 8.78 Å². The Hall–Kier alpha value is -3.69. The van der Waals surface area contributed by atoms with Crippen LogP contribution >= 0.6 is 0 Å². The number of nitrogens with one attached hydrogen (secondary N) is 1.